The van der Waals surface area contributed by atoms with Crippen LogP contribution in [-0.2, 0) is 16.0 Å². The van der Waals surface area contributed by atoms with Gasteiger partial charge in [0.2, 0.25) is 11.8 Å². The molecule has 2 aliphatic rings. The molecule has 1 saturated heterocycles. The maximum atomic E-state index is 13.0. The third kappa shape index (κ3) is 4.04. The molecular weight excluding hydrogens is 394 g/mol. The van der Waals surface area contributed by atoms with Crippen molar-refractivity contribution < 1.29 is 14.5 Å². The van der Waals surface area contributed by atoms with E-state index >= 15 is 0 Å². The Labute approximate surface area is 181 Å². The highest BCUT2D eigenvalue weighted by Gasteiger charge is 2.50. The first-order chi connectivity index (χ1) is 14.9. The van der Waals surface area contributed by atoms with Gasteiger partial charge in [-0.2, -0.15) is 0 Å². The van der Waals surface area contributed by atoms with E-state index in [0.717, 1.165) is 18.4 Å². The molecule has 0 unspecified atom stereocenters. The Morgan fingerprint density at radius 1 is 1.06 bits per heavy atom. The van der Waals surface area contributed by atoms with Crippen LogP contribution in [-0.4, -0.2) is 30.3 Å². The molecule has 31 heavy (non-hydrogen) atoms. The Hall–Kier alpha value is -3.22. The van der Waals surface area contributed by atoms with Gasteiger partial charge in [0.25, 0.3) is 5.69 Å². The first kappa shape index (κ1) is 21.0. The normalized spacial score (nSPS) is 23.0. The van der Waals surface area contributed by atoms with Gasteiger partial charge in [0, 0.05) is 19.7 Å². The fourth-order valence-electron chi connectivity index (χ4n) is 4.83. The minimum Gasteiger partial charge on any atom is -0.369 e. The van der Waals surface area contributed by atoms with Crippen LogP contribution in [0.1, 0.15) is 31.7 Å². The van der Waals surface area contributed by atoms with E-state index in [1.807, 2.05) is 42.3 Å². The Morgan fingerprint density at radius 3 is 2.48 bits per heavy atom. The van der Waals surface area contributed by atoms with Crippen molar-refractivity contribution >= 4 is 28.9 Å². The maximum Gasteiger partial charge on any atom is 0.294 e. The molecule has 3 atom stereocenters. The lowest BCUT2D eigenvalue weighted by Gasteiger charge is -2.25. The molecule has 0 spiro atoms. The van der Waals surface area contributed by atoms with Crippen LogP contribution in [0.3, 0.4) is 0 Å². The summed E-state index contributed by atoms with van der Waals surface area (Å²) in [6.07, 6.45) is 3.09. The predicted molar refractivity (Wildman–Crippen MR) is 119 cm³/mol. The van der Waals surface area contributed by atoms with Crippen LogP contribution in [0.2, 0.25) is 0 Å². The highest BCUT2D eigenvalue weighted by atomic mass is 16.6. The Kier molecular flexibility index (Phi) is 5.76. The van der Waals surface area contributed by atoms with Crippen molar-refractivity contribution in [3.63, 3.8) is 0 Å². The zero-order valence-corrected chi connectivity index (χ0v) is 17.9. The van der Waals surface area contributed by atoms with E-state index in [2.05, 4.69) is 6.92 Å². The number of carbonyl (C=O) groups is 2. The number of anilines is 2. The molecule has 2 aromatic rings. The van der Waals surface area contributed by atoms with Crippen molar-refractivity contribution in [2.45, 2.75) is 32.6 Å². The van der Waals surface area contributed by atoms with E-state index < -0.39 is 4.92 Å². The molecule has 1 saturated carbocycles. The third-order valence-electron chi connectivity index (χ3n) is 6.59. The van der Waals surface area contributed by atoms with E-state index in [9.17, 15) is 19.7 Å². The molecule has 1 aliphatic carbocycles. The average molecular weight is 421 g/mol. The summed E-state index contributed by atoms with van der Waals surface area (Å²) in [6.45, 7) is 2.70. The lowest BCUT2D eigenvalue weighted by Crippen LogP contribution is -2.31. The van der Waals surface area contributed by atoms with E-state index in [4.69, 9.17) is 0 Å². The molecule has 0 aromatic heterocycles. The average Bonchev–Trinajstić information content (AvgIpc) is 3.01. The molecule has 2 amide bonds. The number of nitro groups is 1. The number of imide groups is 1. The zero-order valence-electron chi connectivity index (χ0n) is 17.9. The number of hydrogen-bond donors (Lipinski definition) is 0. The molecule has 7 nitrogen and oxygen atoms in total. The molecule has 162 valence electrons. The highest BCUT2D eigenvalue weighted by Crippen LogP contribution is 2.43. The summed E-state index contributed by atoms with van der Waals surface area (Å²) >= 11 is 0. The topological polar surface area (TPSA) is 83.8 Å². The fourth-order valence-corrected chi connectivity index (χ4v) is 4.83. The van der Waals surface area contributed by atoms with Gasteiger partial charge in [0.05, 0.1) is 22.4 Å². The van der Waals surface area contributed by atoms with E-state index in [1.54, 1.807) is 12.1 Å². The number of likely N-dealkylation sites (N-methyl/N-ethyl adjacent to an activating group) is 1. The number of carbonyl (C=O) groups excluding carboxylic acids is 2. The summed E-state index contributed by atoms with van der Waals surface area (Å²) < 4.78 is 0. The van der Waals surface area contributed by atoms with Crippen molar-refractivity contribution in [1.29, 1.82) is 0 Å². The second-order valence-electron chi connectivity index (χ2n) is 8.73. The summed E-state index contributed by atoms with van der Waals surface area (Å²) in [6, 6.07) is 14.6. The Morgan fingerprint density at radius 2 is 1.77 bits per heavy atom. The summed E-state index contributed by atoms with van der Waals surface area (Å²) in [7, 11) is 1.81. The lowest BCUT2D eigenvalue weighted by molar-refractivity contribution is -0.384. The Bertz CT molecular complexity index is 1010. The van der Waals surface area contributed by atoms with Gasteiger partial charge >= 0.3 is 0 Å². The standard InChI is InChI=1S/C24H27N3O4/c1-16-8-10-19-20(14-16)24(29)26(23(19)28)18-9-11-21(22(15-18)27(30)31)25(2)13-12-17-6-4-3-5-7-17/h3-7,9,11,15-16,19-20H,8,10,12-14H2,1-2H3/t16-,19-,20+/m1/s1. The van der Waals surface area contributed by atoms with Gasteiger partial charge < -0.3 is 4.90 Å². The summed E-state index contributed by atoms with van der Waals surface area (Å²) in [5.41, 5.74) is 1.81. The van der Waals surface area contributed by atoms with Gasteiger partial charge in [-0.1, -0.05) is 37.3 Å². The Balaban J connectivity index is 1.58. The van der Waals surface area contributed by atoms with Crippen molar-refractivity contribution in [3.8, 4) is 0 Å². The van der Waals surface area contributed by atoms with Crippen LogP contribution in [0.4, 0.5) is 17.1 Å². The number of nitrogens with zero attached hydrogens (tertiary/aromatic N) is 3. The van der Waals surface area contributed by atoms with Gasteiger partial charge in [-0.05, 0) is 49.3 Å². The third-order valence-corrected chi connectivity index (χ3v) is 6.59. The van der Waals surface area contributed by atoms with Crippen molar-refractivity contribution in [3.05, 3.63) is 64.2 Å². The van der Waals surface area contributed by atoms with Crippen LogP contribution in [0.25, 0.3) is 0 Å². The van der Waals surface area contributed by atoms with Crippen LogP contribution in [0.15, 0.2) is 48.5 Å². The smallest absolute Gasteiger partial charge is 0.294 e. The molecule has 4 rings (SSSR count). The van der Waals surface area contributed by atoms with Gasteiger partial charge in [-0.15, -0.1) is 0 Å². The van der Waals surface area contributed by atoms with Crippen LogP contribution < -0.4 is 9.80 Å². The largest absolute Gasteiger partial charge is 0.369 e. The molecule has 1 heterocycles. The van der Waals surface area contributed by atoms with Gasteiger partial charge in [0.1, 0.15) is 5.69 Å². The van der Waals surface area contributed by atoms with E-state index in [1.165, 1.54) is 11.0 Å². The molecule has 0 radical (unpaired) electrons. The molecule has 1 aliphatic heterocycles. The number of fused-ring (bicyclic) bond motifs is 1. The van der Waals surface area contributed by atoms with Gasteiger partial charge in [-0.3, -0.25) is 19.7 Å². The van der Waals surface area contributed by atoms with Crippen molar-refractivity contribution in [2.24, 2.45) is 17.8 Å². The summed E-state index contributed by atoms with van der Waals surface area (Å²) in [4.78, 5) is 40.3. The van der Waals surface area contributed by atoms with Crippen LogP contribution in [0, 0.1) is 27.9 Å². The van der Waals surface area contributed by atoms with E-state index in [0.29, 0.717) is 36.7 Å². The molecule has 7 heteroatoms. The summed E-state index contributed by atoms with van der Waals surface area (Å²) in [5, 5.41) is 11.8. The summed E-state index contributed by atoms with van der Waals surface area (Å²) in [5.74, 6) is -0.630. The quantitative estimate of drug-likeness (QED) is 0.397. The molecular formula is C24H27N3O4. The lowest BCUT2D eigenvalue weighted by atomic mass is 9.76. The number of amides is 2. The maximum absolute atomic E-state index is 13.0. The molecule has 0 N–H and O–H groups in total. The number of nitro benzene ring substituents is 1. The van der Waals surface area contributed by atoms with Gasteiger partial charge in [0.15, 0.2) is 0 Å². The van der Waals surface area contributed by atoms with Crippen LogP contribution in [0.5, 0.6) is 0 Å². The predicted octanol–water partition coefficient (Wildman–Crippen LogP) is 4.20. The first-order valence-corrected chi connectivity index (χ1v) is 10.8. The monoisotopic (exact) mass is 421 g/mol. The number of rotatable bonds is 6. The van der Waals surface area contributed by atoms with E-state index in [-0.39, 0.29) is 29.3 Å². The first-order valence-electron chi connectivity index (χ1n) is 10.8. The van der Waals surface area contributed by atoms with Crippen LogP contribution >= 0.6 is 0 Å². The SMILES string of the molecule is C[C@@H]1CC[C@H]2C(=O)N(c3ccc(N(C)CCc4ccccc4)c([N+](=O)[O-])c3)C(=O)[C@H]2C1. The molecule has 0 bridgehead atoms. The highest BCUT2D eigenvalue weighted by molar-refractivity contribution is 6.22. The van der Waals surface area contributed by atoms with Crippen molar-refractivity contribution in [2.75, 3.05) is 23.4 Å². The second kappa shape index (κ2) is 8.49. The fraction of sp³-hybridized carbons (Fsp3) is 0.417. The molecule has 2 aromatic carbocycles. The second-order valence-corrected chi connectivity index (χ2v) is 8.73. The zero-order chi connectivity index (χ0) is 22.1. The molecule has 2 fully saturated rings. The number of benzene rings is 2. The van der Waals surface area contributed by atoms with Gasteiger partial charge in [-0.25, -0.2) is 4.90 Å². The minimum atomic E-state index is -0.446. The number of hydrogen-bond acceptors (Lipinski definition) is 5. The van der Waals surface area contributed by atoms with Crippen molar-refractivity contribution in [1.82, 2.24) is 0 Å². The minimum absolute atomic E-state index is 0.100.